The first-order valence-corrected chi connectivity index (χ1v) is 6.75. The summed E-state index contributed by atoms with van der Waals surface area (Å²) in [4.78, 5) is 6.73. The van der Waals surface area contributed by atoms with E-state index in [2.05, 4.69) is 41.3 Å². The van der Waals surface area contributed by atoms with Crippen molar-refractivity contribution in [1.82, 2.24) is 15.5 Å². The van der Waals surface area contributed by atoms with Gasteiger partial charge in [0, 0.05) is 32.7 Å². The van der Waals surface area contributed by atoms with Gasteiger partial charge in [-0.05, 0) is 5.41 Å². The molecular formula is C13H25N5O. The van der Waals surface area contributed by atoms with Gasteiger partial charge in [-0.25, -0.2) is 0 Å². The molecule has 6 nitrogen and oxygen atoms in total. The third kappa shape index (κ3) is 7.65. The highest BCUT2D eigenvalue weighted by molar-refractivity contribution is 5.81. The number of morpholine rings is 1. The van der Waals surface area contributed by atoms with Crippen LogP contribution in [0.15, 0.2) is 4.99 Å². The van der Waals surface area contributed by atoms with Gasteiger partial charge in [-0.15, -0.1) is 0 Å². The highest BCUT2D eigenvalue weighted by atomic mass is 16.5. The highest BCUT2D eigenvalue weighted by Crippen LogP contribution is 2.12. The van der Waals surface area contributed by atoms with Crippen molar-refractivity contribution in [2.75, 3.05) is 45.9 Å². The van der Waals surface area contributed by atoms with Crippen molar-refractivity contribution in [2.45, 2.75) is 20.8 Å². The minimum atomic E-state index is 0.119. The zero-order chi connectivity index (χ0) is 14.1. The molecule has 1 saturated heterocycles. The van der Waals surface area contributed by atoms with Gasteiger partial charge in [0.05, 0.1) is 13.2 Å². The number of ether oxygens (including phenoxy) is 1. The zero-order valence-corrected chi connectivity index (χ0v) is 12.2. The molecule has 108 valence electrons. The number of guanidine groups is 1. The van der Waals surface area contributed by atoms with Crippen LogP contribution in [0.5, 0.6) is 0 Å². The van der Waals surface area contributed by atoms with Crippen LogP contribution in [-0.2, 0) is 4.74 Å². The Morgan fingerprint density at radius 1 is 1.37 bits per heavy atom. The van der Waals surface area contributed by atoms with Crippen molar-refractivity contribution in [1.29, 1.82) is 5.26 Å². The molecule has 6 heteroatoms. The van der Waals surface area contributed by atoms with Crippen molar-refractivity contribution < 1.29 is 4.74 Å². The Morgan fingerprint density at radius 2 is 2.05 bits per heavy atom. The molecule has 1 aliphatic heterocycles. The van der Waals surface area contributed by atoms with Crippen LogP contribution in [0.1, 0.15) is 20.8 Å². The Hall–Kier alpha value is -1.32. The Balaban J connectivity index is 2.30. The van der Waals surface area contributed by atoms with Crippen LogP contribution in [-0.4, -0.2) is 56.8 Å². The number of aliphatic imine (C=N–C) groups is 1. The molecule has 1 rings (SSSR count). The number of rotatable bonds is 4. The van der Waals surface area contributed by atoms with Gasteiger partial charge >= 0.3 is 0 Å². The van der Waals surface area contributed by atoms with Crippen molar-refractivity contribution in [3.05, 3.63) is 0 Å². The quantitative estimate of drug-likeness (QED) is 0.333. The maximum atomic E-state index is 8.71. The summed E-state index contributed by atoms with van der Waals surface area (Å²) in [7, 11) is 0. The average molecular weight is 267 g/mol. The van der Waals surface area contributed by atoms with E-state index in [9.17, 15) is 0 Å². The SMILES string of the molecule is CC(C)(C)CN=C(NC#N)NCCN1CCOCC1. The smallest absolute Gasteiger partial charge is 0.204 e. The van der Waals surface area contributed by atoms with Crippen LogP contribution >= 0.6 is 0 Å². The molecular weight excluding hydrogens is 242 g/mol. The van der Waals surface area contributed by atoms with E-state index in [1.165, 1.54) is 0 Å². The summed E-state index contributed by atoms with van der Waals surface area (Å²) in [6.45, 7) is 12.3. The summed E-state index contributed by atoms with van der Waals surface area (Å²) in [5.41, 5.74) is 0.119. The van der Waals surface area contributed by atoms with E-state index in [0.29, 0.717) is 12.5 Å². The number of hydrogen-bond donors (Lipinski definition) is 2. The molecule has 0 amide bonds. The first-order chi connectivity index (χ1) is 9.01. The summed E-state index contributed by atoms with van der Waals surface area (Å²) in [5.74, 6) is 0.561. The standard InChI is InChI=1S/C13H25N5O/c1-13(2,3)10-16-12(17-11-14)15-4-5-18-6-8-19-9-7-18/h4-10H2,1-3H3,(H2,15,16,17). The predicted molar refractivity (Wildman–Crippen MR) is 75.8 cm³/mol. The average Bonchev–Trinajstić information content (AvgIpc) is 2.36. The predicted octanol–water partition coefficient (Wildman–Crippen LogP) is 0.381. The van der Waals surface area contributed by atoms with E-state index in [1.807, 2.05) is 6.19 Å². The Bertz CT molecular complexity index is 323. The van der Waals surface area contributed by atoms with E-state index in [4.69, 9.17) is 10.00 Å². The molecule has 0 unspecified atom stereocenters. The maximum Gasteiger partial charge on any atom is 0.204 e. The van der Waals surface area contributed by atoms with Gasteiger partial charge in [0.2, 0.25) is 5.96 Å². The number of nitrogens with one attached hydrogen (secondary N) is 2. The summed E-state index contributed by atoms with van der Waals surface area (Å²) in [6, 6.07) is 0. The monoisotopic (exact) mass is 267 g/mol. The van der Waals surface area contributed by atoms with E-state index in [-0.39, 0.29) is 5.41 Å². The van der Waals surface area contributed by atoms with Gasteiger partial charge in [0.25, 0.3) is 0 Å². The second kappa shape index (κ2) is 7.97. The van der Waals surface area contributed by atoms with Crippen LogP contribution < -0.4 is 10.6 Å². The van der Waals surface area contributed by atoms with Gasteiger partial charge < -0.3 is 10.1 Å². The molecule has 0 saturated carbocycles. The van der Waals surface area contributed by atoms with Gasteiger partial charge in [0.1, 0.15) is 0 Å². The van der Waals surface area contributed by atoms with Crippen LogP contribution in [0.3, 0.4) is 0 Å². The molecule has 2 N–H and O–H groups in total. The lowest BCUT2D eigenvalue weighted by molar-refractivity contribution is 0.0389. The third-order valence-electron chi connectivity index (χ3n) is 2.71. The van der Waals surface area contributed by atoms with Crippen LogP contribution in [0, 0.1) is 16.9 Å². The molecule has 0 aromatic heterocycles. The maximum absolute atomic E-state index is 8.71. The molecule has 0 aromatic rings. The molecule has 0 aliphatic carbocycles. The Kier molecular flexibility index (Phi) is 6.60. The number of nitrogens with zero attached hydrogens (tertiary/aromatic N) is 3. The number of hydrogen-bond acceptors (Lipinski definition) is 4. The fraction of sp³-hybridized carbons (Fsp3) is 0.846. The van der Waals surface area contributed by atoms with Gasteiger partial charge in [-0.1, -0.05) is 20.8 Å². The van der Waals surface area contributed by atoms with Gasteiger partial charge in [-0.2, -0.15) is 5.26 Å². The number of nitriles is 1. The van der Waals surface area contributed by atoms with Crippen LogP contribution in [0.25, 0.3) is 0 Å². The summed E-state index contributed by atoms with van der Waals surface area (Å²) in [5, 5.41) is 14.5. The molecule has 1 heterocycles. The third-order valence-corrected chi connectivity index (χ3v) is 2.71. The first-order valence-electron chi connectivity index (χ1n) is 6.75. The van der Waals surface area contributed by atoms with Crippen molar-refractivity contribution in [2.24, 2.45) is 10.4 Å². The van der Waals surface area contributed by atoms with Crippen LogP contribution in [0.4, 0.5) is 0 Å². The lowest BCUT2D eigenvalue weighted by atomic mass is 9.97. The largest absolute Gasteiger partial charge is 0.379 e. The minimum Gasteiger partial charge on any atom is -0.379 e. The normalized spacial score (nSPS) is 17.9. The topological polar surface area (TPSA) is 72.7 Å². The van der Waals surface area contributed by atoms with E-state index in [1.54, 1.807) is 0 Å². The Morgan fingerprint density at radius 3 is 2.63 bits per heavy atom. The van der Waals surface area contributed by atoms with Crippen molar-refractivity contribution in [3.63, 3.8) is 0 Å². The van der Waals surface area contributed by atoms with Crippen molar-refractivity contribution in [3.8, 4) is 6.19 Å². The minimum absolute atomic E-state index is 0.119. The fourth-order valence-corrected chi connectivity index (χ4v) is 1.67. The van der Waals surface area contributed by atoms with Crippen molar-refractivity contribution >= 4 is 5.96 Å². The molecule has 0 radical (unpaired) electrons. The summed E-state index contributed by atoms with van der Waals surface area (Å²) in [6.07, 6.45) is 1.92. The lowest BCUT2D eigenvalue weighted by Crippen LogP contribution is -2.43. The fourth-order valence-electron chi connectivity index (χ4n) is 1.67. The zero-order valence-electron chi connectivity index (χ0n) is 12.2. The van der Waals surface area contributed by atoms with Gasteiger partial charge in [-0.3, -0.25) is 15.2 Å². The first kappa shape index (κ1) is 15.7. The molecule has 19 heavy (non-hydrogen) atoms. The summed E-state index contributed by atoms with van der Waals surface area (Å²) < 4.78 is 5.30. The molecule has 0 atom stereocenters. The summed E-state index contributed by atoms with van der Waals surface area (Å²) >= 11 is 0. The lowest BCUT2D eigenvalue weighted by Gasteiger charge is -2.26. The molecule has 1 aliphatic rings. The molecule has 1 fully saturated rings. The molecule has 0 aromatic carbocycles. The second-order valence-electron chi connectivity index (χ2n) is 5.84. The van der Waals surface area contributed by atoms with Crippen LogP contribution in [0.2, 0.25) is 0 Å². The second-order valence-corrected chi connectivity index (χ2v) is 5.84. The highest BCUT2D eigenvalue weighted by Gasteiger charge is 2.11. The van der Waals surface area contributed by atoms with E-state index >= 15 is 0 Å². The van der Waals surface area contributed by atoms with Gasteiger partial charge in [0.15, 0.2) is 6.19 Å². The molecule has 0 bridgehead atoms. The Labute approximate surface area is 115 Å². The van der Waals surface area contributed by atoms with E-state index in [0.717, 1.165) is 39.4 Å². The van der Waals surface area contributed by atoms with E-state index < -0.39 is 0 Å². The molecule has 0 spiro atoms.